The standard InChI is InChI=1S/C16H16ClNO2S/c1-2-16(19)20-14-4-3-12(9-13(14)17)18-7-5-15-11(10-18)6-8-21-15/h3-4,6,8-9H,2,5,7,10H2,1H3. The van der Waals surface area contributed by atoms with Gasteiger partial charge in [0, 0.05) is 30.1 Å². The van der Waals surface area contributed by atoms with Gasteiger partial charge in [0.2, 0.25) is 0 Å². The van der Waals surface area contributed by atoms with Gasteiger partial charge in [-0.25, -0.2) is 0 Å². The first kappa shape index (κ1) is 14.4. The molecule has 0 amide bonds. The van der Waals surface area contributed by atoms with Gasteiger partial charge in [0.1, 0.15) is 5.75 Å². The lowest BCUT2D eigenvalue weighted by molar-refractivity contribution is -0.134. The van der Waals surface area contributed by atoms with Gasteiger partial charge in [-0.15, -0.1) is 11.3 Å². The van der Waals surface area contributed by atoms with E-state index in [1.807, 2.05) is 23.5 Å². The number of hydrogen-bond acceptors (Lipinski definition) is 4. The Morgan fingerprint density at radius 2 is 2.29 bits per heavy atom. The first-order valence-corrected chi connectivity index (χ1v) is 8.23. The van der Waals surface area contributed by atoms with Crippen LogP contribution in [0.3, 0.4) is 0 Å². The van der Waals surface area contributed by atoms with Crippen LogP contribution in [0.2, 0.25) is 5.02 Å². The maximum Gasteiger partial charge on any atom is 0.310 e. The molecule has 2 aromatic rings. The highest BCUT2D eigenvalue weighted by Gasteiger charge is 2.18. The van der Waals surface area contributed by atoms with Gasteiger partial charge in [0.05, 0.1) is 5.02 Å². The molecule has 1 aliphatic heterocycles. The first-order chi connectivity index (χ1) is 10.2. The fourth-order valence-corrected chi connectivity index (χ4v) is 3.54. The number of carbonyl (C=O) groups excluding carboxylic acids is 1. The molecule has 3 nitrogen and oxygen atoms in total. The molecule has 0 bridgehead atoms. The predicted molar refractivity (Wildman–Crippen MR) is 86.5 cm³/mol. The van der Waals surface area contributed by atoms with Crippen LogP contribution in [0.15, 0.2) is 29.6 Å². The normalized spacial score (nSPS) is 13.9. The van der Waals surface area contributed by atoms with E-state index in [1.54, 1.807) is 13.0 Å². The second kappa shape index (κ2) is 6.08. The van der Waals surface area contributed by atoms with Gasteiger partial charge in [-0.05, 0) is 41.6 Å². The number of nitrogens with zero attached hydrogens (tertiary/aromatic N) is 1. The van der Waals surface area contributed by atoms with Gasteiger partial charge in [0.15, 0.2) is 0 Å². The summed E-state index contributed by atoms with van der Waals surface area (Å²) in [7, 11) is 0. The minimum absolute atomic E-state index is 0.273. The van der Waals surface area contributed by atoms with E-state index in [-0.39, 0.29) is 5.97 Å². The highest BCUT2D eigenvalue weighted by atomic mass is 35.5. The number of thiophene rings is 1. The lowest BCUT2D eigenvalue weighted by atomic mass is 10.1. The van der Waals surface area contributed by atoms with Crippen LogP contribution in [0.1, 0.15) is 23.8 Å². The first-order valence-electron chi connectivity index (χ1n) is 6.98. The molecule has 0 saturated heterocycles. The number of anilines is 1. The largest absolute Gasteiger partial charge is 0.425 e. The van der Waals surface area contributed by atoms with Gasteiger partial charge in [-0.3, -0.25) is 4.79 Å². The maximum atomic E-state index is 11.3. The zero-order valence-corrected chi connectivity index (χ0v) is 13.3. The number of fused-ring (bicyclic) bond motifs is 1. The smallest absolute Gasteiger partial charge is 0.310 e. The average molecular weight is 322 g/mol. The van der Waals surface area contributed by atoms with E-state index in [0.717, 1.165) is 25.2 Å². The van der Waals surface area contributed by atoms with Crippen molar-refractivity contribution in [2.45, 2.75) is 26.3 Å². The predicted octanol–water partition coefficient (Wildman–Crippen LogP) is 4.28. The Kier molecular flexibility index (Phi) is 4.17. The summed E-state index contributed by atoms with van der Waals surface area (Å²) >= 11 is 8.05. The highest BCUT2D eigenvalue weighted by molar-refractivity contribution is 7.10. The Labute approximate surface area is 133 Å². The van der Waals surface area contributed by atoms with Gasteiger partial charge >= 0.3 is 5.97 Å². The lowest BCUT2D eigenvalue weighted by Crippen LogP contribution is -2.29. The van der Waals surface area contributed by atoms with Crippen LogP contribution >= 0.6 is 22.9 Å². The zero-order valence-electron chi connectivity index (χ0n) is 11.8. The summed E-state index contributed by atoms with van der Waals surface area (Å²) in [4.78, 5) is 15.1. The van der Waals surface area contributed by atoms with E-state index in [1.165, 1.54) is 10.4 Å². The minimum atomic E-state index is -0.273. The Morgan fingerprint density at radius 1 is 1.43 bits per heavy atom. The van der Waals surface area contributed by atoms with E-state index in [2.05, 4.69) is 16.3 Å². The van der Waals surface area contributed by atoms with E-state index in [0.29, 0.717) is 17.2 Å². The molecule has 21 heavy (non-hydrogen) atoms. The number of benzene rings is 1. The third-order valence-electron chi connectivity index (χ3n) is 3.60. The number of esters is 1. The molecule has 0 saturated carbocycles. The zero-order chi connectivity index (χ0) is 14.8. The van der Waals surface area contributed by atoms with Crippen molar-refractivity contribution in [1.82, 2.24) is 0 Å². The van der Waals surface area contributed by atoms with Gasteiger partial charge in [-0.1, -0.05) is 18.5 Å². The van der Waals surface area contributed by atoms with Crippen LogP contribution in [0.25, 0.3) is 0 Å². The van der Waals surface area contributed by atoms with Crippen LogP contribution in [-0.4, -0.2) is 12.5 Å². The number of ether oxygens (including phenoxy) is 1. The van der Waals surface area contributed by atoms with Crippen molar-refractivity contribution in [2.24, 2.45) is 0 Å². The minimum Gasteiger partial charge on any atom is -0.425 e. The second-order valence-electron chi connectivity index (χ2n) is 4.98. The topological polar surface area (TPSA) is 29.5 Å². The van der Waals surface area contributed by atoms with Crippen molar-refractivity contribution < 1.29 is 9.53 Å². The van der Waals surface area contributed by atoms with Crippen LogP contribution in [0.4, 0.5) is 5.69 Å². The second-order valence-corrected chi connectivity index (χ2v) is 6.39. The quantitative estimate of drug-likeness (QED) is 0.624. The Bertz CT molecular complexity index is 668. The molecule has 3 rings (SSSR count). The molecule has 0 spiro atoms. The summed E-state index contributed by atoms with van der Waals surface area (Å²) in [5, 5.41) is 2.62. The van der Waals surface area contributed by atoms with E-state index in [9.17, 15) is 4.79 Å². The third kappa shape index (κ3) is 3.06. The molecule has 1 aromatic heterocycles. The highest BCUT2D eigenvalue weighted by Crippen LogP contribution is 2.33. The van der Waals surface area contributed by atoms with Gasteiger partial charge < -0.3 is 9.64 Å². The monoisotopic (exact) mass is 321 g/mol. The molecule has 0 radical (unpaired) electrons. The number of hydrogen-bond donors (Lipinski definition) is 0. The molecule has 2 heterocycles. The Balaban J connectivity index is 1.78. The lowest BCUT2D eigenvalue weighted by Gasteiger charge is -2.29. The van der Waals surface area contributed by atoms with Crippen LogP contribution < -0.4 is 9.64 Å². The van der Waals surface area contributed by atoms with E-state index >= 15 is 0 Å². The molecule has 1 aliphatic rings. The SMILES string of the molecule is CCC(=O)Oc1ccc(N2CCc3sccc3C2)cc1Cl. The summed E-state index contributed by atoms with van der Waals surface area (Å²) in [5.41, 5.74) is 2.46. The number of carbonyl (C=O) groups is 1. The number of halogens is 1. The van der Waals surface area contributed by atoms with Crippen LogP contribution in [0, 0.1) is 0 Å². The number of rotatable bonds is 3. The van der Waals surface area contributed by atoms with Crippen molar-refractivity contribution in [3.63, 3.8) is 0 Å². The molecule has 0 unspecified atom stereocenters. The summed E-state index contributed by atoms with van der Waals surface area (Å²) in [6.45, 7) is 3.65. The average Bonchev–Trinajstić information content (AvgIpc) is 2.96. The van der Waals surface area contributed by atoms with Crippen molar-refractivity contribution in [3.8, 4) is 5.75 Å². The summed E-state index contributed by atoms with van der Waals surface area (Å²) in [6.07, 6.45) is 1.41. The van der Waals surface area contributed by atoms with Crippen molar-refractivity contribution in [2.75, 3.05) is 11.4 Å². The van der Waals surface area contributed by atoms with Gasteiger partial charge in [0.25, 0.3) is 0 Å². The fourth-order valence-electron chi connectivity index (χ4n) is 2.43. The maximum absolute atomic E-state index is 11.3. The van der Waals surface area contributed by atoms with Crippen LogP contribution in [-0.2, 0) is 17.8 Å². The molecule has 0 N–H and O–H groups in total. The molecular weight excluding hydrogens is 306 g/mol. The van der Waals surface area contributed by atoms with Crippen LogP contribution in [0.5, 0.6) is 5.75 Å². The fraction of sp³-hybridized carbons (Fsp3) is 0.312. The van der Waals surface area contributed by atoms with Gasteiger partial charge in [-0.2, -0.15) is 0 Å². The van der Waals surface area contributed by atoms with E-state index < -0.39 is 0 Å². The molecule has 0 fully saturated rings. The summed E-state index contributed by atoms with van der Waals surface area (Å²) in [5.74, 6) is 0.158. The molecular formula is C16H16ClNO2S. The summed E-state index contributed by atoms with van der Waals surface area (Å²) in [6, 6.07) is 7.79. The van der Waals surface area contributed by atoms with Crippen molar-refractivity contribution >= 4 is 34.6 Å². The van der Waals surface area contributed by atoms with Crippen molar-refractivity contribution in [3.05, 3.63) is 45.1 Å². The Hall–Kier alpha value is -1.52. The molecule has 0 aliphatic carbocycles. The molecule has 1 aromatic carbocycles. The third-order valence-corrected chi connectivity index (χ3v) is 4.92. The Morgan fingerprint density at radius 3 is 3.05 bits per heavy atom. The van der Waals surface area contributed by atoms with E-state index in [4.69, 9.17) is 16.3 Å². The molecule has 110 valence electrons. The molecule has 0 atom stereocenters. The summed E-state index contributed by atoms with van der Waals surface area (Å²) < 4.78 is 5.19. The van der Waals surface area contributed by atoms with Crippen molar-refractivity contribution in [1.29, 1.82) is 0 Å². The molecule has 5 heteroatoms.